The predicted molar refractivity (Wildman–Crippen MR) is 124 cm³/mol. The zero-order valence-electron chi connectivity index (χ0n) is 17.4. The minimum atomic E-state index is -0.622. The Morgan fingerprint density at radius 3 is 2.72 bits per heavy atom. The van der Waals surface area contributed by atoms with E-state index in [-0.39, 0.29) is 5.78 Å². The average molecular weight is 444 g/mol. The van der Waals surface area contributed by atoms with Crippen LogP contribution in [0.4, 0.5) is 0 Å². The van der Waals surface area contributed by atoms with Crippen molar-refractivity contribution in [3.8, 4) is 5.82 Å². The molecule has 2 aromatic carbocycles. The van der Waals surface area contributed by atoms with Gasteiger partial charge in [-0.25, -0.2) is 4.98 Å². The molecule has 6 rings (SSSR count). The second kappa shape index (κ2) is 7.55. The van der Waals surface area contributed by atoms with Crippen LogP contribution < -0.4 is 5.32 Å². The number of piperidine rings is 1. The zero-order chi connectivity index (χ0) is 21.7. The lowest BCUT2D eigenvalue weighted by Crippen LogP contribution is -2.40. The van der Waals surface area contributed by atoms with Crippen molar-refractivity contribution in [1.82, 2.24) is 14.9 Å². The molecule has 6 heteroatoms. The van der Waals surface area contributed by atoms with Crippen LogP contribution in [0, 0.1) is 0 Å². The largest absolute Gasteiger partial charge is 0.354 e. The summed E-state index contributed by atoms with van der Waals surface area (Å²) >= 11 is 6.31. The molecule has 1 N–H and O–H groups in total. The summed E-state index contributed by atoms with van der Waals surface area (Å²) in [4.78, 5) is 18.4. The highest BCUT2D eigenvalue weighted by Crippen LogP contribution is 2.49. The van der Waals surface area contributed by atoms with Gasteiger partial charge >= 0.3 is 0 Å². The molecule has 160 valence electrons. The van der Waals surface area contributed by atoms with E-state index >= 15 is 0 Å². The maximum absolute atomic E-state index is 14.0. The number of halogens is 1. The summed E-state index contributed by atoms with van der Waals surface area (Å²) in [6, 6.07) is 19.5. The van der Waals surface area contributed by atoms with Crippen molar-refractivity contribution in [3.63, 3.8) is 0 Å². The first-order chi connectivity index (χ1) is 15.7. The van der Waals surface area contributed by atoms with E-state index < -0.39 is 11.7 Å². The van der Waals surface area contributed by atoms with Crippen molar-refractivity contribution in [3.05, 3.63) is 94.8 Å². The van der Waals surface area contributed by atoms with Crippen molar-refractivity contribution in [2.45, 2.75) is 24.5 Å². The maximum Gasteiger partial charge on any atom is 0.198 e. The summed E-state index contributed by atoms with van der Waals surface area (Å²) in [6.45, 7) is 1.76. The summed E-state index contributed by atoms with van der Waals surface area (Å²) < 4.78 is 8.55. The fourth-order valence-corrected chi connectivity index (χ4v) is 5.30. The Bertz CT molecular complexity index is 1330. The molecule has 2 aliphatic heterocycles. The topological polar surface area (TPSA) is 56.2 Å². The zero-order valence-corrected chi connectivity index (χ0v) is 18.2. The van der Waals surface area contributed by atoms with Crippen LogP contribution in [0.1, 0.15) is 40.4 Å². The molecular weight excluding hydrogens is 422 g/mol. The number of Topliss-reactive ketones (excluding diaryl/α,β-unsaturated/α-hetero) is 1. The fraction of sp³-hybridized carbons (Fsp3) is 0.231. The van der Waals surface area contributed by atoms with E-state index in [1.807, 2.05) is 65.4 Å². The van der Waals surface area contributed by atoms with Gasteiger partial charge in [-0.05, 0) is 61.3 Å². The Labute approximate surface area is 191 Å². The number of hydrogen-bond donors (Lipinski definition) is 1. The number of hydrogen-bond acceptors (Lipinski definition) is 4. The molecule has 4 heterocycles. The van der Waals surface area contributed by atoms with Crippen LogP contribution in [0.5, 0.6) is 0 Å². The van der Waals surface area contributed by atoms with Crippen LogP contribution in [0.25, 0.3) is 16.7 Å². The summed E-state index contributed by atoms with van der Waals surface area (Å²) in [5.74, 6) is 0.705. The molecule has 0 radical (unpaired) electrons. The van der Waals surface area contributed by atoms with Gasteiger partial charge in [0.05, 0.1) is 11.1 Å². The normalized spacial score (nSPS) is 19.3. The molecule has 32 heavy (non-hydrogen) atoms. The lowest BCUT2D eigenvalue weighted by Gasteiger charge is -2.34. The van der Waals surface area contributed by atoms with Gasteiger partial charge in [-0.1, -0.05) is 48.0 Å². The molecule has 4 aromatic rings. The number of nitrogens with one attached hydrogen (secondary N) is 1. The van der Waals surface area contributed by atoms with E-state index in [1.165, 1.54) is 0 Å². The van der Waals surface area contributed by atoms with Crippen LogP contribution in [0.3, 0.4) is 0 Å². The fourth-order valence-electron chi connectivity index (χ4n) is 5.13. The van der Waals surface area contributed by atoms with Crippen LogP contribution in [0.2, 0.25) is 5.02 Å². The number of nitrogens with zero attached hydrogens (tertiary/aromatic N) is 2. The molecule has 1 spiro atoms. The highest BCUT2D eigenvalue weighted by atomic mass is 35.5. The monoisotopic (exact) mass is 443 g/mol. The number of rotatable bonds is 3. The number of ether oxygens (including phenoxy) is 1. The van der Waals surface area contributed by atoms with E-state index in [2.05, 4.69) is 16.4 Å². The lowest BCUT2D eigenvalue weighted by molar-refractivity contribution is -0.0805. The van der Waals surface area contributed by atoms with Gasteiger partial charge in [0.25, 0.3) is 0 Å². The number of pyridine rings is 1. The smallest absolute Gasteiger partial charge is 0.198 e. The quantitative estimate of drug-likeness (QED) is 0.441. The molecular formula is C26H22ClN3O2. The molecule has 2 aromatic heterocycles. The third-order valence-electron chi connectivity index (χ3n) is 6.66. The highest BCUT2D eigenvalue weighted by molar-refractivity contribution is 6.31. The number of carbonyl (C=O) groups is 1. The van der Waals surface area contributed by atoms with Crippen molar-refractivity contribution in [2.75, 3.05) is 13.1 Å². The van der Waals surface area contributed by atoms with E-state index in [0.29, 0.717) is 10.6 Å². The Balaban J connectivity index is 1.48. The third kappa shape index (κ3) is 3.00. The summed E-state index contributed by atoms with van der Waals surface area (Å²) in [6.07, 6.45) is 4.70. The Morgan fingerprint density at radius 2 is 1.91 bits per heavy atom. The molecule has 2 aliphatic rings. The molecule has 0 saturated carbocycles. The van der Waals surface area contributed by atoms with Gasteiger partial charge in [0, 0.05) is 28.4 Å². The van der Waals surface area contributed by atoms with E-state index in [9.17, 15) is 4.79 Å². The first-order valence-corrected chi connectivity index (χ1v) is 11.3. The number of benzene rings is 2. The first-order valence-electron chi connectivity index (χ1n) is 10.9. The van der Waals surface area contributed by atoms with Crippen molar-refractivity contribution >= 4 is 28.3 Å². The van der Waals surface area contributed by atoms with Crippen LogP contribution in [-0.2, 0) is 10.3 Å². The van der Waals surface area contributed by atoms with Crippen LogP contribution >= 0.6 is 11.6 Å². The van der Waals surface area contributed by atoms with Gasteiger partial charge in [-0.3, -0.25) is 4.79 Å². The average Bonchev–Trinajstić information content (AvgIpc) is 3.36. The van der Waals surface area contributed by atoms with Crippen molar-refractivity contribution in [1.29, 1.82) is 0 Å². The predicted octanol–water partition coefficient (Wildman–Crippen LogP) is 5.21. The molecule has 0 amide bonds. The number of aromatic nitrogens is 2. The van der Waals surface area contributed by atoms with Crippen LogP contribution in [0.15, 0.2) is 73.1 Å². The SMILES string of the molecule is O=C(c1cn(-c2ccccn2)c2cc(Cl)ccc12)[C@@H]1OC2(CCNCC2)c2ccccc21. The number of ketones is 1. The standard InChI is InChI=1S/C26H22ClN3O2/c27-17-8-9-18-20(16-30(22(18)15-17)23-7-3-4-12-29-23)24(31)25-19-5-1-2-6-21(19)26(32-25)10-13-28-14-11-26/h1-9,12,15-16,25,28H,10-11,13-14H2/t25-/m1/s1. The van der Waals surface area contributed by atoms with E-state index in [4.69, 9.17) is 16.3 Å². The van der Waals surface area contributed by atoms with Gasteiger partial charge in [-0.15, -0.1) is 0 Å². The molecule has 0 aliphatic carbocycles. The Morgan fingerprint density at radius 1 is 1.09 bits per heavy atom. The molecule has 1 fully saturated rings. The molecule has 5 nitrogen and oxygen atoms in total. The Hall–Kier alpha value is -2.99. The molecule has 0 bridgehead atoms. The van der Waals surface area contributed by atoms with Gasteiger partial charge in [0.15, 0.2) is 5.78 Å². The second-order valence-corrected chi connectivity index (χ2v) is 8.89. The number of fused-ring (bicyclic) bond motifs is 3. The van der Waals surface area contributed by atoms with Gasteiger partial charge < -0.3 is 14.6 Å². The van der Waals surface area contributed by atoms with Crippen molar-refractivity contribution in [2.24, 2.45) is 0 Å². The molecule has 1 atom stereocenters. The second-order valence-electron chi connectivity index (χ2n) is 8.46. The van der Waals surface area contributed by atoms with Gasteiger partial charge in [-0.2, -0.15) is 0 Å². The summed E-state index contributed by atoms with van der Waals surface area (Å²) in [7, 11) is 0. The van der Waals surface area contributed by atoms with Crippen LogP contribution in [-0.4, -0.2) is 28.4 Å². The molecule has 0 unspecified atom stereocenters. The lowest BCUT2D eigenvalue weighted by atomic mass is 9.84. The number of carbonyl (C=O) groups excluding carboxylic acids is 1. The van der Waals surface area contributed by atoms with Gasteiger partial charge in [0.1, 0.15) is 11.9 Å². The molecule has 1 saturated heterocycles. The van der Waals surface area contributed by atoms with E-state index in [1.54, 1.807) is 6.20 Å². The van der Waals surface area contributed by atoms with E-state index in [0.717, 1.165) is 53.8 Å². The maximum atomic E-state index is 14.0. The van der Waals surface area contributed by atoms with Crippen molar-refractivity contribution < 1.29 is 9.53 Å². The first kappa shape index (κ1) is 19.7. The summed E-state index contributed by atoms with van der Waals surface area (Å²) in [5.41, 5.74) is 3.20. The third-order valence-corrected chi connectivity index (χ3v) is 6.89. The highest BCUT2D eigenvalue weighted by Gasteiger charge is 2.48. The minimum Gasteiger partial charge on any atom is -0.354 e. The summed E-state index contributed by atoms with van der Waals surface area (Å²) in [5, 5.41) is 4.86. The van der Waals surface area contributed by atoms with Gasteiger partial charge in [0.2, 0.25) is 0 Å². The Kier molecular flexibility index (Phi) is 4.65. The minimum absolute atomic E-state index is 0.0325.